The molecule has 0 N–H and O–H groups in total. The van der Waals surface area contributed by atoms with Gasteiger partial charge in [0.15, 0.2) is 0 Å². The van der Waals surface area contributed by atoms with E-state index in [1.165, 1.54) is 17.7 Å². The van der Waals surface area contributed by atoms with Gasteiger partial charge in [-0.15, -0.1) is 0 Å². The molecule has 1 heterocycles. The van der Waals surface area contributed by atoms with Crippen molar-refractivity contribution in [2.75, 3.05) is 0 Å². The van der Waals surface area contributed by atoms with E-state index >= 15 is 0 Å². The van der Waals surface area contributed by atoms with Gasteiger partial charge in [-0.3, -0.25) is 0 Å². The Morgan fingerprint density at radius 2 is 2.29 bits per heavy atom. The normalized spacial score (nSPS) is 19.6. The van der Waals surface area contributed by atoms with E-state index in [4.69, 9.17) is 0 Å². The molecule has 89 valence electrons. The summed E-state index contributed by atoms with van der Waals surface area (Å²) in [7, 11) is 2.09. The second-order valence-electron chi connectivity index (χ2n) is 5.04. The summed E-state index contributed by atoms with van der Waals surface area (Å²) in [6, 6.07) is 5.12. The quantitative estimate of drug-likeness (QED) is 0.704. The predicted molar refractivity (Wildman–Crippen MR) is 68.4 cm³/mol. The van der Waals surface area contributed by atoms with Crippen molar-refractivity contribution < 1.29 is 4.39 Å². The lowest BCUT2D eigenvalue weighted by atomic mass is 9.85. The lowest BCUT2D eigenvalue weighted by Crippen LogP contribution is -2.14. The van der Waals surface area contributed by atoms with Crippen molar-refractivity contribution in [1.82, 2.24) is 4.57 Å². The van der Waals surface area contributed by atoms with Crippen LogP contribution in [0.25, 0.3) is 10.9 Å². The number of hydrogen-bond acceptors (Lipinski definition) is 0. The first-order chi connectivity index (χ1) is 8.20. The van der Waals surface area contributed by atoms with Gasteiger partial charge in [-0.2, -0.15) is 0 Å². The predicted octanol–water partition coefficient (Wildman–Crippen LogP) is 3.65. The molecule has 17 heavy (non-hydrogen) atoms. The molecule has 0 spiro atoms. The molecule has 1 aromatic carbocycles. The number of hydrogen-bond donors (Lipinski definition) is 0. The van der Waals surface area contributed by atoms with E-state index in [0.29, 0.717) is 5.92 Å². The first-order valence-electron chi connectivity index (χ1n) is 6.25. The van der Waals surface area contributed by atoms with E-state index in [-0.39, 0.29) is 5.82 Å². The number of fused-ring (bicyclic) bond motifs is 3. The Morgan fingerprint density at radius 1 is 1.47 bits per heavy atom. The molecule has 1 aliphatic carbocycles. The average molecular weight is 230 g/mol. The zero-order valence-corrected chi connectivity index (χ0v) is 10.2. The van der Waals surface area contributed by atoms with Gasteiger partial charge in [0.25, 0.3) is 0 Å². The van der Waals surface area contributed by atoms with Crippen molar-refractivity contribution in [2.45, 2.75) is 25.7 Å². The lowest BCUT2D eigenvalue weighted by Gasteiger charge is -2.22. The molecule has 2 heteroatoms. The maximum Gasteiger partial charge on any atom is 0.123 e. The second-order valence-corrected chi connectivity index (χ2v) is 5.04. The van der Waals surface area contributed by atoms with Crippen LogP contribution in [0.4, 0.5) is 4.39 Å². The van der Waals surface area contributed by atoms with Gasteiger partial charge in [-0.25, -0.2) is 4.39 Å². The smallest absolute Gasteiger partial charge is 0.123 e. The van der Waals surface area contributed by atoms with Crippen molar-refractivity contribution in [1.29, 1.82) is 0 Å². The Balaban J connectivity index is 2.23. The Kier molecular flexibility index (Phi) is 2.46. The van der Waals surface area contributed by atoms with Gasteiger partial charge in [-0.05, 0) is 48.9 Å². The molecule has 0 saturated carbocycles. The van der Waals surface area contributed by atoms with E-state index in [1.54, 1.807) is 12.1 Å². The highest BCUT2D eigenvalue weighted by molar-refractivity contribution is 5.85. The van der Waals surface area contributed by atoms with Gasteiger partial charge in [0.1, 0.15) is 5.82 Å². The standard InChI is InChI=1S/C15H17FN/c1-3-10-4-6-14-12(8-10)13-9-11(16)5-7-15(13)17(14)2/h5,7,9-10H,1,3-4,6,8H2,2H3/t10-/m1/s1. The van der Waals surface area contributed by atoms with Crippen molar-refractivity contribution in [3.05, 3.63) is 42.2 Å². The summed E-state index contributed by atoms with van der Waals surface area (Å²) in [6.07, 6.45) is 4.34. The van der Waals surface area contributed by atoms with Gasteiger partial charge in [0.05, 0.1) is 0 Å². The molecule has 1 aromatic heterocycles. The van der Waals surface area contributed by atoms with Crippen molar-refractivity contribution >= 4 is 10.9 Å². The number of aryl methyl sites for hydroxylation is 1. The Morgan fingerprint density at radius 3 is 3.06 bits per heavy atom. The maximum atomic E-state index is 13.4. The molecule has 1 atom stereocenters. The molecule has 0 unspecified atom stereocenters. The van der Waals surface area contributed by atoms with Crippen molar-refractivity contribution in [3.8, 4) is 0 Å². The van der Waals surface area contributed by atoms with Crippen LogP contribution < -0.4 is 0 Å². The molecule has 1 radical (unpaired) electrons. The molecule has 2 aromatic rings. The van der Waals surface area contributed by atoms with Crippen LogP contribution in [0, 0.1) is 18.7 Å². The van der Waals surface area contributed by atoms with E-state index in [9.17, 15) is 4.39 Å². The summed E-state index contributed by atoms with van der Waals surface area (Å²) in [6.45, 7) is 4.01. The summed E-state index contributed by atoms with van der Waals surface area (Å²) < 4.78 is 15.6. The maximum absolute atomic E-state index is 13.4. The number of halogens is 1. The van der Waals surface area contributed by atoms with Crippen LogP contribution in [0.3, 0.4) is 0 Å². The fraction of sp³-hybridized carbons (Fsp3) is 0.400. The average Bonchev–Trinajstić information content (AvgIpc) is 2.62. The minimum absolute atomic E-state index is 0.136. The molecule has 0 aliphatic heterocycles. The highest BCUT2D eigenvalue weighted by Crippen LogP contribution is 2.34. The van der Waals surface area contributed by atoms with Crippen LogP contribution in [-0.4, -0.2) is 4.57 Å². The van der Waals surface area contributed by atoms with Crippen LogP contribution in [0.5, 0.6) is 0 Å². The van der Waals surface area contributed by atoms with Crippen LogP contribution >= 0.6 is 0 Å². The third-order valence-corrected chi connectivity index (χ3v) is 4.09. The summed E-state index contributed by atoms with van der Waals surface area (Å²) >= 11 is 0. The van der Waals surface area contributed by atoms with Gasteiger partial charge in [-0.1, -0.05) is 13.3 Å². The van der Waals surface area contributed by atoms with Crippen LogP contribution in [0.1, 0.15) is 24.1 Å². The molecular formula is C15H17FN. The molecule has 1 nitrogen and oxygen atoms in total. The highest BCUT2D eigenvalue weighted by atomic mass is 19.1. The zero-order chi connectivity index (χ0) is 12.0. The fourth-order valence-corrected chi connectivity index (χ4v) is 3.07. The molecule has 0 saturated heterocycles. The highest BCUT2D eigenvalue weighted by Gasteiger charge is 2.23. The van der Waals surface area contributed by atoms with Gasteiger partial charge in [0, 0.05) is 23.6 Å². The molecule has 0 amide bonds. The van der Waals surface area contributed by atoms with E-state index in [1.807, 2.05) is 6.07 Å². The summed E-state index contributed by atoms with van der Waals surface area (Å²) in [5, 5.41) is 1.10. The van der Waals surface area contributed by atoms with E-state index in [2.05, 4.69) is 18.5 Å². The van der Waals surface area contributed by atoms with E-state index in [0.717, 1.165) is 30.2 Å². The minimum atomic E-state index is -0.136. The van der Waals surface area contributed by atoms with Crippen molar-refractivity contribution in [3.63, 3.8) is 0 Å². The molecule has 0 bridgehead atoms. The summed E-state index contributed by atoms with van der Waals surface area (Å²) in [5.74, 6) is 0.527. The summed E-state index contributed by atoms with van der Waals surface area (Å²) in [4.78, 5) is 0. The van der Waals surface area contributed by atoms with E-state index < -0.39 is 0 Å². The molecule has 0 fully saturated rings. The number of nitrogens with zero attached hydrogens (tertiary/aromatic N) is 1. The fourth-order valence-electron chi connectivity index (χ4n) is 3.07. The SMILES string of the molecule is [CH2]C[C@@H]1CCc2c(c3cc(F)ccc3n2C)C1. The van der Waals surface area contributed by atoms with Crippen LogP contribution in [0.15, 0.2) is 18.2 Å². The largest absolute Gasteiger partial charge is 0.347 e. The molecular weight excluding hydrogens is 213 g/mol. The minimum Gasteiger partial charge on any atom is -0.347 e. The first kappa shape index (κ1) is 10.8. The number of aromatic nitrogens is 1. The third-order valence-electron chi connectivity index (χ3n) is 4.09. The number of rotatable bonds is 1. The Labute approximate surface area is 101 Å². The monoisotopic (exact) mass is 230 g/mol. The lowest BCUT2D eigenvalue weighted by molar-refractivity contribution is 0.455. The first-order valence-corrected chi connectivity index (χ1v) is 6.25. The van der Waals surface area contributed by atoms with Crippen molar-refractivity contribution in [2.24, 2.45) is 13.0 Å². The topological polar surface area (TPSA) is 4.93 Å². The Hall–Kier alpha value is -1.31. The molecule has 3 rings (SSSR count). The number of benzene rings is 1. The van der Waals surface area contributed by atoms with Gasteiger partial charge in [0.2, 0.25) is 0 Å². The van der Waals surface area contributed by atoms with Crippen LogP contribution in [0.2, 0.25) is 0 Å². The van der Waals surface area contributed by atoms with Crippen LogP contribution in [-0.2, 0) is 19.9 Å². The zero-order valence-electron chi connectivity index (χ0n) is 10.2. The van der Waals surface area contributed by atoms with Gasteiger partial charge < -0.3 is 4.57 Å². The Bertz CT molecular complexity index is 568. The molecule has 1 aliphatic rings. The third kappa shape index (κ3) is 1.58. The summed E-state index contributed by atoms with van der Waals surface area (Å²) in [5.41, 5.74) is 3.89. The van der Waals surface area contributed by atoms with Gasteiger partial charge >= 0.3 is 0 Å². The second kappa shape index (κ2) is 3.86.